The summed E-state index contributed by atoms with van der Waals surface area (Å²) in [6.45, 7) is 0. The molecule has 6 nitrogen and oxygen atoms in total. The van der Waals surface area contributed by atoms with Gasteiger partial charge < -0.3 is 15.3 Å². The van der Waals surface area contributed by atoms with Gasteiger partial charge in [-0.1, -0.05) is 66.7 Å². The normalized spacial score (nSPS) is 12.4. The minimum absolute atomic E-state index is 0.0575. The van der Waals surface area contributed by atoms with Crippen molar-refractivity contribution < 1.29 is 4.79 Å². The molecule has 6 aromatic rings. The van der Waals surface area contributed by atoms with Gasteiger partial charge >= 0.3 is 0 Å². The maximum atomic E-state index is 13.2. The number of carbonyl (C=O) groups excluding carboxylic acids is 1. The molecule has 0 spiro atoms. The molecule has 0 bridgehead atoms. The predicted octanol–water partition coefficient (Wildman–Crippen LogP) is 5.24. The number of aromatic amines is 2. The standard InChI is InChI=1S/C28H23N5O/c34-27(16-19-10-7-9-18-8-1-2-11-20(18)19)31-25(28-32-23-14-5-6-15-24(23)33-28)17-26-29-21-12-3-4-13-22(21)30-26/h1-15,25H,16-17H2,(H,29,30)(H,31,34)(H,32,33). The van der Waals surface area contributed by atoms with Crippen LogP contribution in [0.4, 0.5) is 0 Å². The van der Waals surface area contributed by atoms with Crippen molar-refractivity contribution in [2.75, 3.05) is 0 Å². The molecule has 0 aliphatic heterocycles. The van der Waals surface area contributed by atoms with Gasteiger partial charge in [0.25, 0.3) is 0 Å². The molecule has 2 aromatic heterocycles. The Morgan fingerprint density at radius 2 is 1.44 bits per heavy atom. The summed E-state index contributed by atoms with van der Waals surface area (Å²) in [7, 11) is 0. The minimum Gasteiger partial charge on any atom is -0.345 e. The Morgan fingerprint density at radius 1 is 0.765 bits per heavy atom. The van der Waals surface area contributed by atoms with Crippen LogP contribution in [0.25, 0.3) is 32.8 Å². The molecule has 4 aromatic carbocycles. The van der Waals surface area contributed by atoms with Gasteiger partial charge in [-0.3, -0.25) is 4.79 Å². The Kier molecular flexibility index (Phi) is 5.03. The van der Waals surface area contributed by atoms with E-state index in [1.54, 1.807) is 0 Å². The van der Waals surface area contributed by atoms with Gasteiger partial charge in [0.15, 0.2) is 0 Å². The average molecular weight is 446 g/mol. The molecule has 3 N–H and O–H groups in total. The van der Waals surface area contributed by atoms with Crippen molar-refractivity contribution in [1.29, 1.82) is 0 Å². The zero-order valence-electron chi connectivity index (χ0n) is 18.5. The Morgan fingerprint density at radius 3 is 2.24 bits per heavy atom. The number of aromatic nitrogens is 4. The van der Waals surface area contributed by atoms with E-state index in [-0.39, 0.29) is 18.4 Å². The number of benzene rings is 4. The van der Waals surface area contributed by atoms with Crippen LogP contribution in [0.2, 0.25) is 0 Å². The van der Waals surface area contributed by atoms with E-state index in [2.05, 4.69) is 33.5 Å². The van der Waals surface area contributed by atoms with Gasteiger partial charge in [-0.05, 0) is 40.6 Å². The molecule has 6 rings (SSSR count). The summed E-state index contributed by atoms with van der Waals surface area (Å²) in [5.41, 5.74) is 4.69. The fourth-order valence-electron chi connectivity index (χ4n) is 4.51. The topological polar surface area (TPSA) is 86.5 Å². The lowest BCUT2D eigenvalue weighted by Gasteiger charge is -2.16. The van der Waals surface area contributed by atoms with E-state index in [0.717, 1.165) is 44.2 Å². The van der Waals surface area contributed by atoms with E-state index in [9.17, 15) is 4.79 Å². The van der Waals surface area contributed by atoms with Gasteiger partial charge in [0.1, 0.15) is 11.6 Å². The zero-order valence-corrected chi connectivity index (χ0v) is 18.5. The highest BCUT2D eigenvalue weighted by Gasteiger charge is 2.21. The van der Waals surface area contributed by atoms with E-state index < -0.39 is 0 Å². The Bertz CT molecular complexity index is 1560. The van der Waals surface area contributed by atoms with Gasteiger partial charge in [0.2, 0.25) is 5.91 Å². The van der Waals surface area contributed by atoms with Crippen molar-refractivity contribution in [3.8, 4) is 0 Å². The lowest BCUT2D eigenvalue weighted by Crippen LogP contribution is -2.32. The number of fused-ring (bicyclic) bond motifs is 3. The maximum absolute atomic E-state index is 13.2. The molecule has 0 saturated carbocycles. The molecule has 34 heavy (non-hydrogen) atoms. The van der Waals surface area contributed by atoms with Crippen LogP contribution in [0.5, 0.6) is 0 Å². The summed E-state index contributed by atoms with van der Waals surface area (Å²) in [5, 5.41) is 5.43. The first-order valence-electron chi connectivity index (χ1n) is 11.4. The van der Waals surface area contributed by atoms with Gasteiger partial charge in [-0.2, -0.15) is 0 Å². The fraction of sp³-hybridized carbons (Fsp3) is 0.107. The highest BCUT2D eigenvalue weighted by Crippen LogP contribution is 2.22. The van der Waals surface area contributed by atoms with Crippen LogP contribution < -0.4 is 5.32 Å². The molecule has 0 aliphatic rings. The monoisotopic (exact) mass is 445 g/mol. The molecule has 2 heterocycles. The first-order valence-corrected chi connectivity index (χ1v) is 11.4. The van der Waals surface area contributed by atoms with E-state index in [1.165, 1.54) is 0 Å². The third-order valence-corrected chi connectivity index (χ3v) is 6.14. The quantitative estimate of drug-likeness (QED) is 0.328. The maximum Gasteiger partial charge on any atom is 0.225 e. The van der Waals surface area contributed by atoms with E-state index in [1.807, 2.05) is 72.8 Å². The van der Waals surface area contributed by atoms with Gasteiger partial charge in [-0.15, -0.1) is 0 Å². The molecule has 1 amide bonds. The Hall–Kier alpha value is -4.45. The van der Waals surface area contributed by atoms with Crippen molar-refractivity contribution in [2.45, 2.75) is 18.9 Å². The summed E-state index contributed by atoms with van der Waals surface area (Å²) in [5.74, 6) is 1.46. The minimum atomic E-state index is -0.351. The molecule has 1 atom stereocenters. The van der Waals surface area contributed by atoms with Crippen molar-refractivity contribution in [2.24, 2.45) is 0 Å². The first kappa shape index (κ1) is 20.2. The van der Waals surface area contributed by atoms with Crippen molar-refractivity contribution in [3.05, 3.63) is 108 Å². The summed E-state index contributed by atoms with van der Waals surface area (Å²) < 4.78 is 0. The van der Waals surface area contributed by atoms with Crippen LogP contribution >= 0.6 is 0 Å². The number of rotatable bonds is 6. The second-order valence-corrected chi connectivity index (χ2v) is 8.48. The van der Waals surface area contributed by atoms with Crippen LogP contribution in [0, 0.1) is 0 Å². The number of nitrogens with zero attached hydrogens (tertiary/aromatic N) is 2. The number of hydrogen-bond donors (Lipinski definition) is 3. The molecular formula is C28H23N5O. The Balaban J connectivity index is 1.31. The average Bonchev–Trinajstić information content (AvgIpc) is 3.47. The number of hydrogen-bond acceptors (Lipinski definition) is 3. The SMILES string of the molecule is O=C(Cc1cccc2ccccc12)NC(Cc1nc2ccccc2[nH]1)c1nc2ccccc2[nH]1. The summed E-state index contributed by atoms with van der Waals surface area (Å²) in [6, 6.07) is 29.7. The first-order chi connectivity index (χ1) is 16.7. The van der Waals surface area contributed by atoms with E-state index in [0.29, 0.717) is 12.2 Å². The smallest absolute Gasteiger partial charge is 0.225 e. The molecule has 0 fully saturated rings. The highest BCUT2D eigenvalue weighted by atomic mass is 16.1. The van der Waals surface area contributed by atoms with Crippen LogP contribution in [0.15, 0.2) is 91.0 Å². The molecule has 0 saturated heterocycles. The van der Waals surface area contributed by atoms with Gasteiger partial charge in [0, 0.05) is 6.42 Å². The van der Waals surface area contributed by atoms with Crippen molar-refractivity contribution in [1.82, 2.24) is 25.3 Å². The summed E-state index contributed by atoms with van der Waals surface area (Å²) >= 11 is 0. The Labute approximate surface area is 196 Å². The molecule has 166 valence electrons. The second kappa shape index (κ2) is 8.48. The molecule has 0 radical (unpaired) electrons. The number of carbonyl (C=O) groups is 1. The number of H-pyrrole nitrogens is 2. The number of amides is 1. The van der Waals surface area contributed by atoms with Crippen molar-refractivity contribution >= 4 is 38.7 Å². The summed E-state index contributed by atoms with van der Waals surface area (Å²) in [6.07, 6.45) is 0.786. The third-order valence-electron chi connectivity index (χ3n) is 6.14. The summed E-state index contributed by atoms with van der Waals surface area (Å²) in [4.78, 5) is 29.5. The number of imidazole rings is 2. The highest BCUT2D eigenvalue weighted by molar-refractivity contribution is 5.90. The molecule has 0 aliphatic carbocycles. The predicted molar refractivity (Wildman–Crippen MR) is 134 cm³/mol. The largest absolute Gasteiger partial charge is 0.345 e. The van der Waals surface area contributed by atoms with Gasteiger partial charge in [-0.25, -0.2) is 9.97 Å². The third kappa shape index (κ3) is 3.90. The fourth-order valence-corrected chi connectivity index (χ4v) is 4.51. The number of para-hydroxylation sites is 4. The van der Waals surface area contributed by atoms with Crippen molar-refractivity contribution in [3.63, 3.8) is 0 Å². The van der Waals surface area contributed by atoms with Crippen LogP contribution in [-0.4, -0.2) is 25.8 Å². The lowest BCUT2D eigenvalue weighted by molar-refractivity contribution is -0.121. The lowest BCUT2D eigenvalue weighted by atomic mass is 10.0. The van der Waals surface area contributed by atoms with E-state index >= 15 is 0 Å². The van der Waals surface area contributed by atoms with Gasteiger partial charge in [0.05, 0.1) is 34.5 Å². The molecule has 6 heteroatoms. The van der Waals surface area contributed by atoms with E-state index in [4.69, 9.17) is 9.97 Å². The van der Waals surface area contributed by atoms with Crippen LogP contribution in [0.3, 0.4) is 0 Å². The second-order valence-electron chi connectivity index (χ2n) is 8.48. The van der Waals surface area contributed by atoms with Crippen LogP contribution in [-0.2, 0) is 17.6 Å². The molecule has 1 unspecified atom stereocenters. The molecular weight excluding hydrogens is 422 g/mol. The zero-order chi connectivity index (χ0) is 22.9. The van der Waals surface area contributed by atoms with Crippen LogP contribution in [0.1, 0.15) is 23.3 Å². The number of nitrogens with one attached hydrogen (secondary N) is 3.